The molecule has 2 unspecified atom stereocenters. The van der Waals surface area contributed by atoms with Gasteiger partial charge >= 0.3 is 0 Å². The van der Waals surface area contributed by atoms with E-state index in [-0.39, 0.29) is 17.6 Å². The van der Waals surface area contributed by atoms with Gasteiger partial charge in [-0.2, -0.15) is 0 Å². The minimum atomic E-state index is -0.280. The second-order valence-corrected chi connectivity index (χ2v) is 5.32. The van der Waals surface area contributed by atoms with Gasteiger partial charge in [0.1, 0.15) is 11.6 Å². The lowest BCUT2D eigenvalue weighted by Crippen LogP contribution is -2.35. The lowest BCUT2D eigenvalue weighted by atomic mass is 10.0. The summed E-state index contributed by atoms with van der Waals surface area (Å²) in [4.78, 5) is 2.38. The Bertz CT molecular complexity index is 407. The summed E-state index contributed by atoms with van der Waals surface area (Å²) in [5.41, 5.74) is 0.698. The maximum absolute atomic E-state index is 13.3. The highest BCUT2D eigenvalue weighted by Gasteiger charge is 2.24. The molecule has 1 heterocycles. The topological polar surface area (TPSA) is 23.5 Å². The van der Waals surface area contributed by atoms with Gasteiger partial charge in [0.2, 0.25) is 0 Å². The molecule has 3 heteroatoms. The Kier molecular flexibility index (Phi) is 4.23. The Morgan fingerprint density at radius 2 is 2.11 bits per heavy atom. The molecule has 0 bridgehead atoms. The number of nitrogens with zero attached hydrogens (tertiary/aromatic N) is 1. The number of aromatic hydroxyl groups is 1. The number of hydrogen-bond acceptors (Lipinski definition) is 2. The lowest BCUT2D eigenvalue weighted by molar-refractivity contribution is 0.155. The third-order valence-electron chi connectivity index (χ3n) is 4.04. The van der Waals surface area contributed by atoms with Crippen molar-refractivity contribution in [3.8, 4) is 5.75 Å². The maximum Gasteiger partial charge on any atom is 0.123 e. The lowest BCUT2D eigenvalue weighted by Gasteiger charge is -2.33. The minimum absolute atomic E-state index is 0.0637. The number of halogens is 1. The molecule has 0 aromatic heterocycles. The molecule has 0 saturated carbocycles. The number of phenolic OH excluding ortho intramolecular Hbond substituents is 1. The summed E-state index contributed by atoms with van der Waals surface area (Å²) in [6.45, 7) is 5.30. The van der Waals surface area contributed by atoms with Gasteiger partial charge in [-0.1, -0.05) is 12.8 Å². The highest BCUT2D eigenvalue weighted by atomic mass is 19.1. The van der Waals surface area contributed by atoms with Crippen molar-refractivity contribution in [1.29, 1.82) is 0 Å². The van der Waals surface area contributed by atoms with Gasteiger partial charge in [-0.3, -0.25) is 4.90 Å². The molecule has 2 rings (SSSR count). The van der Waals surface area contributed by atoms with E-state index in [1.54, 1.807) is 0 Å². The summed E-state index contributed by atoms with van der Waals surface area (Å²) in [5.74, 6) is -0.0857. The van der Waals surface area contributed by atoms with Gasteiger partial charge in [0.05, 0.1) is 0 Å². The normalized spacial score (nSPS) is 23.6. The Balaban J connectivity index is 2.23. The van der Waals surface area contributed by atoms with Crippen LogP contribution in [0.4, 0.5) is 4.39 Å². The fraction of sp³-hybridized carbons (Fsp3) is 0.600. The Morgan fingerprint density at radius 1 is 1.33 bits per heavy atom. The third-order valence-corrected chi connectivity index (χ3v) is 4.04. The molecule has 0 radical (unpaired) electrons. The molecule has 0 amide bonds. The zero-order chi connectivity index (χ0) is 13.1. The molecule has 0 aliphatic carbocycles. The van der Waals surface area contributed by atoms with Crippen molar-refractivity contribution in [2.45, 2.75) is 51.6 Å². The minimum Gasteiger partial charge on any atom is -0.508 e. The van der Waals surface area contributed by atoms with Gasteiger partial charge in [-0.15, -0.1) is 0 Å². The first kappa shape index (κ1) is 13.3. The molecule has 1 saturated heterocycles. The van der Waals surface area contributed by atoms with Crippen LogP contribution in [0.5, 0.6) is 5.75 Å². The van der Waals surface area contributed by atoms with E-state index in [2.05, 4.69) is 18.7 Å². The molecule has 18 heavy (non-hydrogen) atoms. The standard InChI is InChI=1S/C15H22FNO/c1-11-6-4-3-5-9-17(11)12(2)14-10-13(16)7-8-15(14)18/h7-8,10-12,18H,3-6,9H2,1-2H3. The summed E-state index contributed by atoms with van der Waals surface area (Å²) in [6, 6.07) is 4.76. The average Bonchev–Trinajstić information content (AvgIpc) is 2.56. The quantitative estimate of drug-likeness (QED) is 0.862. The van der Waals surface area contributed by atoms with Crippen LogP contribution in [-0.2, 0) is 0 Å². The Morgan fingerprint density at radius 3 is 2.89 bits per heavy atom. The van der Waals surface area contributed by atoms with Gasteiger partial charge in [-0.05, 0) is 51.4 Å². The van der Waals surface area contributed by atoms with Crippen molar-refractivity contribution < 1.29 is 9.50 Å². The number of phenols is 1. The first-order valence-electron chi connectivity index (χ1n) is 6.83. The molecule has 1 fully saturated rings. The number of likely N-dealkylation sites (tertiary alicyclic amines) is 1. The summed E-state index contributed by atoms with van der Waals surface area (Å²) in [7, 11) is 0. The van der Waals surface area contributed by atoms with Crippen molar-refractivity contribution in [1.82, 2.24) is 4.90 Å². The molecule has 0 spiro atoms. The molecule has 2 nitrogen and oxygen atoms in total. The third kappa shape index (κ3) is 2.83. The molecular formula is C15H22FNO. The number of hydrogen-bond donors (Lipinski definition) is 1. The van der Waals surface area contributed by atoms with Crippen LogP contribution in [0.1, 0.15) is 51.1 Å². The molecule has 1 aromatic rings. The molecular weight excluding hydrogens is 229 g/mol. The number of rotatable bonds is 2. The van der Waals surface area contributed by atoms with Crippen molar-refractivity contribution >= 4 is 0 Å². The predicted molar refractivity (Wildman–Crippen MR) is 71.1 cm³/mol. The molecule has 1 aliphatic rings. The van der Waals surface area contributed by atoms with E-state index >= 15 is 0 Å². The molecule has 1 aliphatic heterocycles. The van der Waals surface area contributed by atoms with Gasteiger partial charge in [0.25, 0.3) is 0 Å². The van der Waals surface area contributed by atoms with Gasteiger partial charge in [0.15, 0.2) is 0 Å². The highest BCUT2D eigenvalue weighted by molar-refractivity contribution is 5.35. The van der Waals surface area contributed by atoms with E-state index in [9.17, 15) is 9.50 Å². The van der Waals surface area contributed by atoms with Crippen LogP contribution in [-0.4, -0.2) is 22.6 Å². The van der Waals surface area contributed by atoms with Gasteiger partial charge in [-0.25, -0.2) is 4.39 Å². The molecule has 1 aromatic carbocycles. The predicted octanol–water partition coefficient (Wildman–Crippen LogP) is 3.86. The average molecular weight is 251 g/mol. The maximum atomic E-state index is 13.3. The van der Waals surface area contributed by atoms with Crippen molar-refractivity contribution in [2.75, 3.05) is 6.54 Å². The highest BCUT2D eigenvalue weighted by Crippen LogP contribution is 2.32. The second kappa shape index (κ2) is 5.70. The summed E-state index contributed by atoms with van der Waals surface area (Å²) in [6.07, 6.45) is 4.90. The van der Waals surface area contributed by atoms with E-state index in [1.807, 2.05) is 0 Å². The van der Waals surface area contributed by atoms with Gasteiger partial charge < -0.3 is 5.11 Å². The fourth-order valence-electron chi connectivity index (χ4n) is 2.91. The largest absolute Gasteiger partial charge is 0.508 e. The van der Waals surface area contributed by atoms with E-state index in [0.717, 1.165) is 6.54 Å². The van der Waals surface area contributed by atoms with E-state index in [4.69, 9.17) is 0 Å². The monoisotopic (exact) mass is 251 g/mol. The molecule has 1 N–H and O–H groups in total. The van der Waals surface area contributed by atoms with Crippen LogP contribution in [0.15, 0.2) is 18.2 Å². The van der Waals surface area contributed by atoms with Crippen molar-refractivity contribution in [3.63, 3.8) is 0 Å². The van der Waals surface area contributed by atoms with Crippen LogP contribution in [0.25, 0.3) is 0 Å². The first-order chi connectivity index (χ1) is 8.59. The zero-order valence-electron chi connectivity index (χ0n) is 11.2. The fourth-order valence-corrected chi connectivity index (χ4v) is 2.91. The Hall–Kier alpha value is -1.09. The van der Waals surface area contributed by atoms with E-state index in [1.165, 1.54) is 43.9 Å². The second-order valence-electron chi connectivity index (χ2n) is 5.32. The Labute approximate surface area is 108 Å². The zero-order valence-corrected chi connectivity index (χ0v) is 11.2. The SMILES string of the molecule is CC1CCCCCN1C(C)c1cc(F)ccc1O. The molecule has 2 atom stereocenters. The summed E-state index contributed by atoms with van der Waals surface area (Å²) in [5, 5.41) is 9.90. The first-order valence-corrected chi connectivity index (χ1v) is 6.83. The summed E-state index contributed by atoms with van der Waals surface area (Å²) >= 11 is 0. The van der Waals surface area contributed by atoms with Crippen LogP contribution in [0.2, 0.25) is 0 Å². The van der Waals surface area contributed by atoms with E-state index in [0.29, 0.717) is 11.6 Å². The van der Waals surface area contributed by atoms with Crippen LogP contribution >= 0.6 is 0 Å². The summed E-state index contributed by atoms with van der Waals surface area (Å²) < 4.78 is 13.3. The van der Waals surface area contributed by atoms with Crippen molar-refractivity contribution in [2.24, 2.45) is 0 Å². The van der Waals surface area contributed by atoms with Crippen LogP contribution in [0.3, 0.4) is 0 Å². The van der Waals surface area contributed by atoms with Crippen LogP contribution in [0, 0.1) is 5.82 Å². The smallest absolute Gasteiger partial charge is 0.123 e. The number of benzene rings is 1. The van der Waals surface area contributed by atoms with Crippen LogP contribution < -0.4 is 0 Å². The van der Waals surface area contributed by atoms with E-state index < -0.39 is 0 Å². The molecule has 100 valence electrons. The van der Waals surface area contributed by atoms with Gasteiger partial charge in [0, 0.05) is 17.6 Å². The van der Waals surface area contributed by atoms with Crippen molar-refractivity contribution in [3.05, 3.63) is 29.6 Å².